The molecule has 1 aliphatic rings. The lowest BCUT2D eigenvalue weighted by Gasteiger charge is -2.26. The number of carbonyl (C=O) groups excluding carboxylic acids is 1. The minimum absolute atomic E-state index is 0.114. The van der Waals surface area contributed by atoms with Crippen LogP contribution in [-0.4, -0.2) is 60.4 Å². The molecule has 2 heterocycles. The first-order chi connectivity index (χ1) is 9.34. The van der Waals surface area contributed by atoms with Gasteiger partial charge in [-0.25, -0.2) is 0 Å². The molecule has 19 heavy (non-hydrogen) atoms. The Labute approximate surface area is 113 Å². The number of rotatable bonds is 7. The van der Waals surface area contributed by atoms with E-state index in [0.29, 0.717) is 6.42 Å². The highest BCUT2D eigenvalue weighted by atomic mass is 16.5. The summed E-state index contributed by atoms with van der Waals surface area (Å²) in [6, 6.07) is 0. The van der Waals surface area contributed by atoms with E-state index in [1.807, 2.05) is 6.20 Å². The molecule has 0 atom stereocenters. The van der Waals surface area contributed by atoms with Gasteiger partial charge >= 0.3 is 0 Å². The predicted octanol–water partition coefficient (Wildman–Crippen LogP) is 0.181. The Bertz CT molecular complexity index is 361. The Morgan fingerprint density at radius 3 is 3.05 bits per heavy atom. The number of carbonyl (C=O) groups is 1. The minimum Gasteiger partial charge on any atom is -0.379 e. The van der Waals surface area contributed by atoms with E-state index in [2.05, 4.69) is 20.4 Å². The first-order valence-electron chi connectivity index (χ1n) is 6.89. The molecule has 6 nitrogen and oxygen atoms in total. The van der Waals surface area contributed by atoms with E-state index in [1.54, 1.807) is 6.20 Å². The summed E-state index contributed by atoms with van der Waals surface area (Å²) in [4.78, 5) is 14.0. The van der Waals surface area contributed by atoms with Crippen LogP contribution in [-0.2, 0) is 16.0 Å². The van der Waals surface area contributed by atoms with Crippen LogP contribution in [0.1, 0.15) is 18.4 Å². The van der Waals surface area contributed by atoms with Crippen molar-refractivity contribution in [2.45, 2.75) is 19.3 Å². The molecule has 0 unspecified atom stereocenters. The maximum absolute atomic E-state index is 11.6. The summed E-state index contributed by atoms with van der Waals surface area (Å²) in [6.07, 6.45) is 5.84. The molecule has 6 heteroatoms. The van der Waals surface area contributed by atoms with Crippen LogP contribution >= 0.6 is 0 Å². The molecular formula is C13H22N4O2. The van der Waals surface area contributed by atoms with E-state index in [-0.39, 0.29) is 5.91 Å². The smallest absolute Gasteiger partial charge is 0.220 e. The third kappa shape index (κ3) is 5.40. The summed E-state index contributed by atoms with van der Waals surface area (Å²) < 4.78 is 5.29. The molecule has 1 saturated heterocycles. The summed E-state index contributed by atoms with van der Waals surface area (Å²) in [7, 11) is 0. The summed E-state index contributed by atoms with van der Waals surface area (Å²) in [5.41, 5.74) is 1.07. The molecule has 2 rings (SSSR count). The van der Waals surface area contributed by atoms with Gasteiger partial charge in [0.1, 0.15) is 0 Å². The number of hydrogen-bond acceptors (Lipinski definition) is 4. The van der Waals surface area contributed by atoms with Gasteiger partial charge in [-0.3, -0.25) is 14.8 Å². The van der Waals surface area contributed by atoms with E-state index in [4.69, 9.17) is 4.74 Å². The van der Waals surface area contributed by atoms with Crippen molar-refractivity contribution in [3.8, 4) is 0 Å². The number of hydrogen-bond donors (Lipinski definition) is 2. The van der Waals surface area contributed by atoms with E-state index in [9.17, 15) is 4.79 Å². The van der Waals surface area contributed by atoms with Gasteiger partial charge in [0.05, 0.1) is 19.4 Å². The van der Waals surface area contributed by atoms with Crippen LogP contribution in [0, 0.1) is 0 Å². The zero-order valence-electron chi connectivity index (χ0n) is 11.2. The molecule has 0 aromatic carbocycles. The van der Waals surface area contributed by atoms with Gasteiger partial charge in [0.2, 0.25) is 5.91 Å². The van der Waals surface area contributed by atoms with Gasteiger partial charge in [-0.05, 0) is 24.9 Å². The number of nitrogens with zero attached hydrogens (tertiary/aromatic N) is 2. The molecule has 2 N–H and O–H groups in total. The van der Waals surface area contributed by atoms with Gasteiger partial charge in [-0.1, -0.05) is 0 Å². The highest BCUT2D eigenvalue weighted by Gasteiger charge is 2.09. The van der Waals surface area contributed by atoms with Crippen LogP contribution in [0.2, 0.25) is 0 Å². The molecule has 0 radical (unpaired) electrons. The van der Waals surface area contributed by atoms with Crippen molar-refractivity contribution in [2.75, 3.05) is 39.4 Å². The summed E-state index contributed by atoms with van der Waals surface area (Å²) in [5, 5.41) is 9.56. The van der Waals surface area contributed by atoms with Crippen molar-refractivity contribution >= 4 is 5.91 Å². The average molecular weight is 266 g/mol. The zero-order valence-corrected chi connectivity index (χ0v) is 11.2. The summed E-state index contributed by atoms with van der Waals surface area (Å²) in [5.74, 6) is 0.114. The molecule has 0 aliphatic carbocycles. The zero-order chi connectivity index (χ0) is 13.3. The number of H-pyrrole nitrogens is 1. The lowest BCUT2D eigenvalue weighted by molar-refractivity contribution is -0.121. The second-order valence-corrected chi connectivity index (χ2v) is 4.76. The van der Waals surface area contributed by atoms with Gasteiger partial charge in [-0.15, -0.1) is 0 Å². The van der Waals surface area contributed by atoms with Gasteiger partial charge in [0, 0.05) is 32.3 Å². The van der Waals surface area contributed by atoms with Crippen molar-refractivity contribution in [2.24, 2.45) is 0 Å². The van der Waals surface area contributed by atoms with Crippen LogP contribution in [0.25, 0.3) is 0 Å². The molecule has 1 amide bonds. The summed E-state index contributed by atoms with van der Waals surface area (Å²) >= 11 is 0. The van der Waals surface area contributed by atoms with Gasteiger partial charge in [-0.2, -0.15) is 5.10 Å². The van der Waals surface area contributed by atoms with E-state index in [0.717, 1.165) is 57.8 Å². The predicted molar refractivity (Wildman–Crippen MR) is 71.8 cm³/mol. The molecule has 1 fully saturated rings. The number of aromatic nitrogens is 2. The van der Waals surface area contributed by atoms with Crippen LogP contribution in [0.15, 0.2) is 12.4 Å². The highest BCUT2D eigenvalue weighted by molar-refractivity contribution is 5.76. The molecule has 1 aliphatic heterocycles. The first-order valence-corrected chi connectivity index (χ1v) is 6.89. The summed E-state index contributed by atoms with van der Waals surface area (Å²) in [6.45, 7) is 5.46. The fourth-order valence-electron chi connectivity index (χ4n) is 2.12. The first kappa shape index (κ1) is 14.0. The van der Waals surface area contributed by atoms with Crippen LogP contribution in [0.5, 0.6) is 0 Å². The quantitative estimate of drug-likeness (QED) is 0.691. The Hall–Kier alpha value is -1.40. The number of nitrogens with one attached hydrogen (secondary N) is 2. The van der Waals surface area contributed by atoms with Gasteiger partial charge in [0.15, 0.2) is 0 Å². The van der Waals surface area contributed by atoms with E-state index >= 15 is 0 Å². The van der Waals surface area contributed by atoms with Crippen molar-refractivity contribution in [3.05, 3.63) is 18.0 Å². The molecule has 0 spiro atoms. The Balaban J connectivity index is 1.49. The SMILES string of the molecule is O=C(CCc1cn[nH]c1)NCCCN1CCOCC1. The van der Waals surface area contributed by atoms with Gasteiger partial charge < -0.3 is 10.1 Å². The average Bonchev–Trinajstić information content (AvgIpc) is 2.96. The molecule has 1 aromatic heterocycles. The number of morpholine rings is 1. The topological polar surface area (TPSA) is 70.2 Å². The lowest BCUT2D eigenvalue weighted by Crippen LogP contribution is -2.38. The lowest BCUT2D eigenvalue weighted by atomic mass is 10.2. The second-order valence-electron chi connectivity index (χ2n) is 4.76. The normalized spacial score (nSPS) is 16.4. The maximum atomic E-state index is 11.6. The largest absolute Gasteiger partial charge is 0.379 e. The fraction of sp³-hybridized carbons (Fsp3) is 0.692. The van der Waals surface area contributed by atoms with E-state index < -0.39 is 0 Å². The fourth-order valence-corrected chi connectivity index (χ4v) is 2.12. The van der Waals surface area contributed by atoms with Crippen LogP contribution in [0.4, 0.5) is 0 Å². The maximum Gasteiger partial charge on any atom is 0.220 e. The van der Waals surface area contributed by atoms with Gasteiger partial charge in [0.25, 0.3) is 0 Å². The van der Waals surface area contributed by atoms with Crippen molar-refractivity contribution < 1.29 is 9.53 Å². The Kier molecular flexibility index (Phi) is 5.84. The molecule has 0 bridgehead atoms. The van der Waals surface area contributed by atoms with Crippen molar-refractivity contribution in [1.82, 2.24) is 20.4 Å². The number of aryl methyl sites for hydroxylation is 1. The monoisotopic (exact) mass is 266 g/mol. The standard InChI is InChI=1S/C13H22N4O2/c18-13(3-2-12-10-15-16-11-12)14-4-1-5-17-6-8-19-9-7-17/h10-11H,1-9H2,(H,14,18)(H,15,16). The third-order valence-corrected chi connectivity index (χ3v) is 3.27. The van der Waals surface area contributed by atoms with Crippen molar-refractivity contribution in [1.29, 1.82) is 0 Å². The molecular weight excluding hydrogens is 244 g/mol. The molecule has 106 valence electrons. The minimum atomic E-state index is 0.114. The van der Waals surface area contributed by atoms with Crippen LogP contribution < -0.4 is 5.32 Å². The number of amides is 1. The Morgan fingerprint density at radius 1 is 1.47 bits per heavy atom. The number of aromatic amines is 1. The Morgan fingerprint density at radius 2 is 2.32 bits per heavy atom. The second kappa shape index (κ2) is 7.91. The third-order valence-electron chi connectivity index (χ3n) is 3.27. The van der Waals surface area contributed by atoms with Crippen molar-refractivity contribution in [3.63, 3.8) is 0 Å². The highest BCUT2D eigenvalue weighted by Crippen LogP contribution is 1.99. The number of ether oxygens (including phenoxy) is 1. The van der Waals surface area contributed by atoms with E-state index in [1.165, 1.54) is 0 Å². The van der Waals surface area contributed by atoms with Crippen LogP contribution in [0.3, 0.4) is 0 Å². The molecule has 0 saturated carbocycles. The molecule has 1 aromatic rings.